The van der Waals surface area contributed by atoms with E-state index in [0.717, 1.165) is 31.9 Å². The molecule has 1 aliphatic rings. The minimum Gasteiger partial charge on any atom is -0.497 e. The summed E-state index contributed by atoms with van der Waals surface area (Å²) in [4.78, 5) is 16.5. The Balaban J connectivity index is 1.84. The summed E-state index contributed by atoms with van der Waals surface area (Å²) < 4.78 is 5.28. The van der Waals surface area contributed by atoms with Crippen LogP contribution < -0.4 is 15.0 Å². The highest BCUT2D eigenvalue weighted by Crippen LogP contribution is 2.22. The first-order valence-electron chi connectivity index (χ1n) is 7.80. The van der Waals surface area contributed by atoms with E-state index in [1.54, 1.807) is 7.11 Å². The fourth-order valence-corrected chi connectivity index (χ4v) is 2.63. The second-order valence-electron chi connectivity index (χ2n) is 6.76. The fourth-order valence-electron chi connectivity index (χ4n) is 2.63. The maximum Gasteiger partial charge on any atom is 0.234 e. The fraction of sp³-hybridized carbons (Fsp3) is 0.588. The van der Waals surface area contributed by atoms with Gasteiger partial charge in [-0.15, -0.1) is 0 Å². The largest absolute Gasteiger partial charge is 0.497 e. The highest BCUT2D eigenvalue weighted by Gasteiger charge is 2.21. The van der Waals surface area contributed by atoms with E-state index in [2.05, 4.69) is 27.2 Å². The average Bonchev–Trinajstić information content (AvgIpc) is 2.46. The Morgan fingerprint density at radius 2 is 1.91 bits per heavy atom. The number of amides is 1. The van der Waals surface area contributed by atoms with Crippen LogP contribution in [0.4, 0.5) is 5.69 Å². The van der Waals surface area contributed by atoms with Gasteiger partial charge in [-0.05, 0) is 32.9 Å². The number of benzene rings is 1. The number of carbonyl (C=O) groups excluding carboxylic acids is 1. The number of nitrogens with one attached hydrogen (secondary N) is 1. The van der Waals surface area contributed by atoms with Gasteiger partial charge in [-0.2, -0.15) is 0 Å². The number of piperazine rings is 1. The van der Waals surface area contributed by atoms with Gasteiger partial charge in [0.25, 0.3) is 0 Å². The predicted octanol–water partition coefficient (Wildman–Crippen LogP) is 1.73. The van der Waals surface area contributed by atoms with Gasteiger partial charge in [-0.1, -0.05) is 6.07 Å². The molecule has 1 amide bonds. The van der Waals surface area contributed by atoms with E-state index in [9.17, 15) is 4.79 Å². The molecule has 0 atom stereocenters. The lowest BCUT2D eigenvalue weighted by atomic mass is 10.1. The summed E-state index contributed by atoms with van der Waals surface area (Å²) in [6.07, 6.45) is 0. The smallest absolute Gasteiger partial charge is 0.234 e. The molecular weight excluding hydrogens is 278 g/mol. The lowest BCUT2D eigenvalue weighted by molar-refractivity contribution is -0.123. The molecule has 1 saturated heterocycles. The summed E-state index contributed by atoms with van der Waals surface area (Å²) >= 11 is 0. The average molecular weight is 305 g/mol. The van der Waals surface area contributed by atoms with Crippen molar-refractivity contribution in [2.45, 2.75) is 26.3 Å². The molecule has 2 rings (SSSR count). The minimum absolute atomic E-state index is 0.0994. The summed E-state index contributed by atoms with van der Waals surface area (Å²) in [6, 6.07) is 8.13. The normalized spacial score (nSPS) is 16.5. The maximum atomic E-state index is 12.0. The van der Waals surface area contributed by atoms with Crippen molar-refractivity contribution < 1.29 is 9.53 Å². The van der Waals surface area contributed by atoms with Crippen molar-refractivity contribution in [2.24, 2.45) is 0 Å². The van der Waals surface area contributed by atoms with Crippen molar-refractivity contribution in [1.29, 1.82) is 0 Å². The first-order chi connectivity index (χ1) is 10.4. The lowest BCUT2D eigenvalue weighted by Gasteiger charge is -2.36. The molecule has 1 aliphatic heterocycles. The zero-order valence-electron chi connectivity index (χ0n) is 14.1. The Hall–Kier alpha value is -1.75. The number of hydrogen-bond donors (Lipinski definition) is 1. The van der Waals surface area contributed by atoms with Crippen molar-refractivity contribution in [1.82, 2.24) is 10.2 Å². The van der Waals surface area contributed by atoms with E-state index in [-0.39, 0.29) is 11.4 Å². The van der Waals surface area contributed by atoms with Crippen LogP contribution >= 0.6 is 0 Å². The van der Waals surface area contributed by atoms with Crippen LogP contribution in [-0.2, 0) is 4.79 Å². The Bertz CT molecular complexity index is 503. The third-order valence-corrected chi connectivity index (χ3v) is 3.67. The Morgan fingerprint density at radius 1 is 1.23 bits per heavy atom. The van der Waals surface area contributed by atoms with Crippen molar-refractivity contribution in [3.63, 3.8) is 0 Å². The summed E-state index contributed by atoms with van der Waals surface area (Å²) in [7, 11) is 1.69. The van der Waals surface area contributed by atoms with E-state index in [1.807, 2.05) is 32.9 Å². The first-order valence-corrected chi connectivity index (χ1v) is 7.80. The molecule has 1 N–H and O–H groups in total. The highest BCUT2D eigenvalue weighted by molar-refractivity contribution is 5.78. The van der Waals surface area contributed by atoms with E-state index in [1.165, 1.54) is 5.69 Å². The number of ether oxygens (including phenoxy) is 1. The molecule has 0 saturated carbocycles. The molecule has 22 heavy (non-hydrogen) atoms. The molecule has 1 aromatic rings. The number of carbonyl (C=O) groups is 1. The number of hydrogen-bond acceptors (Lipinski definition) is 4. The molecule has 0 aromatic heterocycles. The van der Waals surface area contributed by atoms with Crippen LogP contribution in [0.5, 0.6) is 5.75 Å². The standard InChI is InChI=1S/C17H27N3O2/c1-17(2,3)18-16(21)13-19-8-10-20(11-9-19)14-6-5-7-15(12-14)22-4/h5-7,12H,8-11,13H2,1-4H3,(H,18,21). The minimum atomic E-state index is -0.167. The van der Waals surface area contributed by atoms with E-state index in [0.29, 0.717) is 6.54 Å². The van der Waals surface area contributed by atoms with Crippen LogP contribution in [-0.4, -0.2) is 56.2 Å². The van der Waals surface area contributed by atoms with Gasteiger partial charge in [-0.3, -0.25) is 9.69 Å². The zero-order chi connectivity index (χ0) is 16.2. The number of rotatable bonds is 4. The van der Waals surface area contributed by atoms with Gasteiger partial charge < -0.3 is 15.0 Å². The van der Waals surface area contributed by atoms with E-state index < -0.39 is 0 Å². The Kier molecular flexibility index (Phi) is 5.29. The molecule has 122 valence electrons. The molecule has 1 fully saturated rings. The monoisotopic (exact) mass is 305 g/mol. The van der Waals surface area contributed by atoms with Gasteiger partial charge in [-0.25, -0.2) is 0 Å². The van der Waals surface area contributed by atoms with E-state index in [4.69, 9.17) is 4.74 Å². The quantitative estimate of drug-likeness (QED) is 0.920. The Labute approximate surface area is 133 Å². The molecular formula is C17H27N3O2. The number of anilines is 1. The number of methoxy groups -OCH3 is 1. The molecule has 1 aromatic carbocycles. The Morgan fingerprint density at radius 3 is 2.50 bits per heavy atom. The van der Waals surface area contributed by atoms with Crippen LogP contribution in [0, 0.1) is 0 Å². The van der Waals surface area contributed by atoms with Gasteiger partial charge in [0.05, 0.1) is 13.7 Å². The maximum absolute atomic E-state index is 12.0. The van der Waals surface area contributed by atoms with Crippen LogP contribution in [0.3, 0.4) is 0 Å². The number of nitrogens with zero attached hydrogens (tertiary/aromatic N) is 2. The topological polar surface area (TPSA) is 44.8 Å². The first kappa shape index (κ1) is 16.6. The van der Waals surface area contributed by atoms with Gasteiger partial charge >= 0.3 is 0 Å². The molecule has 0 radical (unpaired) electrons. The molecule has 5 heteroatoms. The third-order valence-electron chi connectivity index (χ3n) is 3.67. The van der Waals surface area contributed by atoms with Crippen molar-refractivity contribution in [3.8, 4) is 5.75 Å². The van der Waals surface area contributed by atoms with Crippen molar-refractivity contribution in [2.75, 3.05) is 44.7 Å². The summed E-state index contributed by atoms with van der Waals surface area (Å²) in [6.45, 7) is 10.1. The van der Waals surface area contributed by atoms with Crippen molar-refractivity contribution >= 4 is 11.6 Å². The van der Waals surface area contributed by atoms with Crippen LogP contribution in [0.15, 0.2) is 24.3 Å². The molecule has 5 nitrogen and oxygen atoms in total. The molecule has 1 heterocycles. The van der Waals surface area contributed by atoms with Gasteiger partial charge in [0, 0.05) is 43.5 Å². The van der Waals surface area contributed by atoms with Crippen LogP contribution in [0.2, 0.25) is 0 Å². The summed E-state index contributed by atoms with van der Waals surface area (Å²) in [5.74, 6) is 0.979. The van der Waals surface area contributed by atoms with Crippen LogP contribution in [0.25, 0.3) is 0 Å². The summed E-state index contributed by atoms with van der Waals surface area (Å²) in [5, 5.41) is 3.01. The lowest BCUT2D eigenvalue weighted by Crippen LogP contribution is -2.51. The van der Waals surface area contributed by atoms with Crippen LogP contribution in [0.1, 0.15) is 20.8 Å². The molecule has 0 spiro atoms. The van der Waals surface area contributed by atoms with Gasteiger partial charge in [0.1, 0.15) is 5.75 Å². The highest BCUT2D eigenvalue weighted by atomic mass is 16.5. The second kappa shape index (κ2) is 7.01. The van der Waals surface area contributed by atoms with Gasteiger partial charge in [0.15, 0.2) is 0 Å². The predicted molar refractivity (Wildman–Crippen MR) is 89.5 cm³/mol. The van der Waals surface area contributed by atoms with Crippen molar-refractivity contribution in [3.05, 3.63) is 24.3 Å². The third kappa shape index (κ3) is 4.91. The van der Waals surface area contributed by atoms with E-state index >= 15 is 0 Å². The SMILES string of the molecule is COc1cccc(N2CCN(CC(=O)NC(C)(C)C)CC2)c1. The zero-order valence-corrected chi connectivity index (χ0v) is 14.1. The summed E-state index contributed by atoms with van der Waals surface area (Å²) in [5.41, 5.74) is 1.01. The molecule has 0 unspecified atom stereocenters. The van der Waals surface area contributed by atoms with Gasteiger partial charge in [0.2, 0.25) is 5.91 Å². The second-order valence-corrected chi connectivity index (χ2v) is 6.76. The molecule has 0 aliphatic carbocycles. The molecule has 0 bridgehead atoms.